The van der Waals surface area contributed by atoms with Crippen LogP contribution in [0.3, 0.4) is 0 Å². The van der Waals surface area contributed by atoms with Gasteiger partial charge in [-0.25, -0.2) is 0 Å². The Morgan fingerprint density at radius 3 is 1.50 bits per heavy atom. The molecule has 0 saturated heterocycles. The Hall–Kier alpha value is -1.72. The van der Waals surface area contributed by atoms with E-state index in [2.05, 4.69) is 43.3 Å². The Labute approximate surface area is 133 Å². The van der Waals surface area contributed by atoms with Gasteiger partial charge in [-0.05, 0) is 18.1 Å². The quantitative estimate of drug-likeness (QED) is 0.605. The van der Waals surface area contributed by atoms with Gasteiger partial charge >= 0.3 is 8.80 Å². The van der Waals surface area contributed by atoms with Crippen LogP contribution in [0.1, 0.15) is 16.7 Å². The molecule has 0 aliphatic heterocycles. The summed E-state index contributed by atoms with van der Waals surface area (Å²) in [6.07, 6.45) is 4.19. The van der Waals surface area contributed by atoms with Gasteiger partial charge in [-0.2, -0.15) is 0 Å². The van der Waals surface area contributed by atoms with Crippen molar-refractivity contribution in [3.8, 4) is 0 Å². The van der Waals surface area contributed by atoms with Crippen molar-refractivity contribution in [2.75, 3.05) is 21.3 Å². The Morgan fingerprint density at radius 1 is 0.682 bits per heavy atom. The second-order valence-corrected chi connectivity index (χ2v) is 7.95. The molecular formula is C18H22O3Si. The predicted octanol–water partition coefficient (Wildman–Crippen LogP) is 3.25. The fourth-order valence-electron chi connectivity index (χ4n) is 2.27. The zero-order valence-electron chi connectivity index (χ0n) is 13.5. The van der Waals surface area contributed by atoms with Gasteiger partial charge in [0.1, 0.15) is 0 Å². The molecule has 3 nitrogen and oxygen atoms in total. The zero-order valence-corrected chi connectivity index (χ0v) is 14.5. The lowest BCUT2D eigenvalue weighted by Crippen LogP contribution is -2.54. The average Bonchev–Trinajstić information content (AvgIpc) is 2.57. The van der Waals surface area contributed by atoms with Crippen molar-refractivity contribution in [1.29, 1.82) is 0 Å². The molecule has 0 spiro atoms. The van der Waals surface area contributed by atoms with Crippen LogP contribution in [0.2, 0.25) is 0 Å². The minimum atomic E-state index is -2.73. The zero-order chi connectivity index (χ0) is 16.0. The highest BCUT2D eigenvalue weighted by Gasteiger charge is 2.40. The van der Waals surface area contributed by atoms with E-state index in [9.17, 15) is 0 Å². The molecule has 0 heterocycles. The average molecular weight is 314 g/mol. The third-order valence-electron chi connectivity index (χ3n) is 3.62. The van der Waals surface area contributed by atoms with Gasteiger partial charge in [0.25, 0.3) is 0 Å². The number of benzene rings is 2. The molecule has 0 N–H and O–H groups in total. The topological polar surface area (TPSA) is 27.7 Å². The lowest BCUT2D eigenvalue weighted by Gasteiger charge is -2.24. The molecule has 4 heteroatoms. The van der Waals surface area contributed by atoms with Crippen LogP contribution in [0.25, 0.3) is 12.2 Å². The van der Waals surface area contributed by atoms with Crippen LogP contribution in [0, 0.1) is 6.92 Å². The minimum absolute atomic E-state index is 0.951. The van der Waals surface area contributed by atoms with Crippen molar-refractivity contribution in [3.05, 3.63) is 65.2 Å². The molecule has 0 aromatic heterocycles. The summed E-state index contributed by atoms with van der Waals surface area (Å²) in [5.41, 5.74) is 3.57. The fraction of sp³-hybridized carbons (Fsp3) is 0.222. The molecular weight excluding hydrogens is 292 g/mol. The first-order chi connectivity index (χ1) is 10.6. The maximum Gasteiger partial charge on any atom is 0.536 e. The van der Waals surface area contributed by atoms with Crippen LogP contribution in [0.15, 0.2) is 48.5 Å². The molecule has 116 valence electrons. The monoisotopic (exact) mass is 314 g/mol. The second kappa shape index (κ2) is 7.51. The van der Waals surface area contributed by atoms with Gasteiger partial charge in [-0.15, -0.1) is 0 Å². The first-order valence-corrected chi connectivity index (χ1v) is 8.87. The van der Waals surface area contributed by atoms with E-state index in [0.717, 1.165) is 10.8 Å². The van der Waals surface area contributed by atoms with Crippen LogP contribution in [0.4, 0.5) is 0 Å². The van der Waals surface area contributed by atoms with Crippen molar-refractivity contribution < 1.29 is 13.3 Å². The van der Waals surface area contributed by atoms with Gasteiger partial charge in [0, 0.05) is 26.5 Å². The Balaban J connectivity index is 2.16. The number of aryl methyl sites for hydroxylation is 1. The highest BCUT2D eigenvalue weighted by Crippen LogP contribution is 2.11. The predicted molar refractivity (Wildman–Crippen MR) is 93.0 cm³/mol. The molecule has 0 atom stereocenters. The summed E-state index contributed by atoms with van der Waals surface area (Å²) in [7, 11) is 2.11. The first kappa shape index (κ1) is 16.6. The summed E-state index contributed by atoms with van der Waals surface area (Å²) >= 11 is 0. The van der Waals surface area contributed by atoms with E-state index in [-0.39, 0.29) is 0 Å². The van der Waals surface area contributed by atoms with E-state index in [0.29, 0.717) is 0 Å². The summed E-state index contributed by atoms with van der Waals surface area (Å²) in [6.45, 7) is 2.09. The molecule has 0 aliphatic carbocycles. The molecule has 22 heavy (non-hydrogen) atoms. The molecule has 0 radical (unpaired) electrons. The van der Waals surface area contributed by atoms with Gasteiger partial charge in [0.15, 0.2) is 0 Å². The highest BCUT2D eigenvalue weighted by molar-refractivity contribution is 6.75. The number of hydrogen-bond acceptors (Lipinski definition) is 3. The minimum Gasteiger partial charge on any atom is -0.373 e. The number of rotatable bonds is 6. The van der Waals surface area contributed by atoms with Crippen LogP contribution in [-0.4, -0.2) is 30.1 Å². The second-order valence-electron chi connectivity index (χ2n) is 5.03. The maximum absolute atomic E-state index is 5.48. The van der Waals surface area contributed by atoms with Crippen molar-refractivity contribution in [2.24, 2.45) is 0 Å². The molecule has 0 aliphatic rings. The van der Waals surface area contributed by atoms with Crippen molar-refractivity contribution >= 4 is 26.1 Å². The highest BCUT2D eigenvalue weighted by atomic mass is 28.4. The van der Waals surface area contributed by atoms with Crippen molar-refractivity contribution in [1.82, 2.24) is 0 Å². The Kier molecular flexibility index (Phi) is 5.68. The lowest BCUT2D eigenvalue weighted by molar-refractivity contribution is 0.140. The smallest absolute Gasteiger partial charge is 0.373 e. The SMILES string of the molecule is CO[Si](OC)(OC)c1ccc(/C=C/c2ccc(C)cc2)cc1. The Morgan fingerprint density at radius 2 is 1.09 bits per heavy atom. The molecule has 2 rings (SSSR count). The van der Waals surface area contributed by atoms with Crippen LogP contribution in [-0.2, 0) is 13.3 Å². The van der Waals surface area contributed by atoms with Crippen LogP contribution >= 0.6 is 0 Å². The third kappa shape index (κ3) is 3.72. The van der Waals surface area contributed by atoms with E-state index < -0.39 is 8.80 Å². The van der Waals surface area contributed by atoms with Gasteiger partial charge in [-0.3, -0.25) is 0 Å². The standard InChI is InChI=1S/C18H22O3Si/c1-15-5-7-16(8-6-15)9-10-17-11-13-18(14-12-17)22(19-2,20-3)21-4/h5-14H,1-4H3/b10-9+. The molecule has 0 bridgehead atoms. The van der Waals surface area contributed by atoms with Crippen molar-refractivity contribution in [2.45, 2.75) is 6.92 Å². The first-order valence-electron chi connectivity index (χ1n) is 7.14. The summed E-state index contributed by atoms with van der Waals surface area (Å²) in [5.74, 6) is 0. The van der Waals surface area contributed by atoms with Crippen LogP contribution in [0.5, 0.6) is 0 Å². The van der Waals surface area contributed by atoms with Gasteiger partial charge in [0.2, 0.25) is 0 Å². The summed E-state index contributed by atoms with van der Waals surface area (Å²) in [4.78, 5) is 0. The molecule has 2 aromatic rings. The van der Waals surface area contributed by atoms with E-state index in [1.807, 2.05) is 24.3 Å². The summed E-state index contributed by atoms with van der Waals surface area (Å²) in [5, 5.41) is 0.951. The molecule has 0 amide bonds. The van der Waals surface area contributed by atoms with E-state index >= 15 is 0 Å². The fourth-order valence-corrected chi connectivity index (χ4v) is 4.05. The Bertz CT molecular complexity index is 606. The van der Waals surface area contributed by atoms with E-state index in [4.69, 9.17) is 13.3 Å². The molecule has 0 fully saturated rings. The number of hydrogen-bond donors (Lipinski definition) is 0. The van der Waals surface area contributed by atoms with Gasteiger partial charge in [-0.1, -0.05) is 66.2 Å². The van der Waals surface area contributed by atoms with E-state index in [1.54, 1.807) is 21.3 Å². The summed E-state index contributed by atoms with van der Waals surface area (Å²) < 4.78 is 16.4. The summed E-state index contributed by atoms with van der Waals surface area (Å²) in [6, 6.07) is 16.5. The normalized spacial score (nSPS) is 12.0. The maximum atomic E-state index is 5.48. The largest absolute Gasteiger partial charge is 0.536 e. The van der Waals surface area contributed by atoms with Crippen molar-refractivity contribution in [3.63, 3.8) is 0 Å². The molecule has 2 aromatic carbocycles. The third-order valence-corrected chi connectivity index (χ3v) is 6.27. The van der Waals surface area contributed by atoms with Gasteiger partial charge < -0.3 is 13.3 Å². The molecule has 0 unspecified atom stereocenters. The lowest BCUT2D eigenvalue weighted by atomic mass is 10.1. The van der Waals surface area contributed by atoms with Crippen LogP contribution < -0.4 is 5.19 Å². The van der Waals surface area contributed by atoms with E-state index in [1.165, 1.54) is 11.1 Å². The van der Waals surface area contributed by atoms with Gasteiger partial charge in [0.05, 0.1) is 0 Å². The molecule has 0 saturated carbocycles.